The SMILES string of the molecule is COc1ccc(OCC(=O)NCC(=O)Nc2cc(C)cc(C)c2)cc1. The van der Waals surface area contributed by atoms with Gasteiger partial charge in [-0.05, 0) is 61.4 Å². The second-order valence-corrected chi connectivity index (χ2v) is 5.67. The Bertz CT molecular complexity index is 721. The van der Waals surface area contributed by atoms with Crippen molar-refractivity contribution in [2.75, 3.05) is 25.6 Å². The third kappa shape index (κ3) is 6.18. The number of methoxy groups -OCH3 is 1. The molecule has 0 aromatic heterocycles. The fourth-order valence-corrected chi connectivity index (χ4v) is 2.30. The summed E-state index contributed by atoms with van der Waals surface area (Å²) >= 11 is 0. The average Bonchev–Trinajstić information content (AvgIpc) is 2.57. The number of anilines is 1. The van der Waals surface area contributed by atoms with Crippen LogP contribution in [0.3, 0.4) is 0 Å². The molecule has 6 heteroatoms. The van der Waals surface area contributed by atoms with Gasteiger partial charge in [-0.3, -0.25) is 9.59 Å². The van der Waals surface area contributed by atoms with Crippen LogP contribution in [0, 0.1) is 13.8 Å². The summed E-state index contributed by atoms with van der Waals surface area (Å²) in [6.07, 6.45) is 0. The zero-order valence-electron chi connectivity index (χ0n) is 14.6. The normalized spacial score (nSPS) is 10.0. The summed E-state index contributed by atoms with van der Waals surface area (Å²) in [5, 5.41) is 5.28. The second kappa shape index (κ2) is 8.73. The minimum Gasteiger partial charge on any atom is -0.497 e. The Morgan fingerprint density at radius 1 is 0.920 bits per heavy atom. The van der Waals surface area contributed by atoms with Gasteiger partial charge in [0.15, 0.2) is 6.61 Å². The van der Waals surface area contributed by atoms with Gasteiger partial charge in [0.05, 0.1) is 13.7 Å². The summed E-state index contributed by atoms with van der Waals surface area (Å²) in [4.78, 5) is 23.7. The molecule has 2 N–H and O–H groups in total. The highest BCUT2D eigenvalue weighted by Crippen LogP contribution is 2.16. The predicted molar refractivity (Wildman–Crippen MR) is 96.0 cm³/mol. The lowest BCUT2D eigenvalue weighted by Gasteiger charge is -2.09. The fourth-order valence-electron chi connectivity index (χ4n) is 2.30. The van der Waals surface area contributed by atoms with E-state index in [0.717, 1.165) is 11.1 Å². The van der Waals surface area contributed by atoms with Crippen LogP contribution in [-0.4, -0.2) is 32.1 Å². The summed E-state index contributed by atoms with van der Waals surface area (Å²) in [6.45, 7) is 3.64. The Morgan fingerprint density at radius 3 is 2.12 bits per heavy atom. The number of carbonyl (C=O) groups is 2. The van der Waals surface area contributed by atoms with Crippen LogP contribution in [0.2, 0.25) is 0 Å². The lowest BCUT2D eigenvalue weighted by atomic mass is 10.1. The van der Waals surface area contributed by atoms with Crippen LogP contribution < -0.4 is 20.1 Å². The molecule has 0 atom stereocenters. The summed E-state index contributed by atoms with van der Waals surface area (Å²) in [7, 11) is 1.58. The number of hydrogen-bond acceptors (Lipinski definition) is 4. The summed E-state index contributed by atoms with van der Waals surface area (Å²) < 4.78 is 10.4. The molecule has 0 saturated heterocycles. The van der Waals surface area contributed by atoms with Gasteiger partial charge in [-0.2, -0.15) is 0 Å². The number of carbonyl (C=O) groups excluding carboxylic acids is 2. The van der Waals surface area contributed by atoms with Gasteiger partial charge in [-0.1, -0.05) is 6.07 Å². The minimum atomic E-state index is -0.369. The maximum absolute atomic E-state index is 11.9. The first-order valence-corrected chi connectivity index (χ1v) is 7.88. The van der Waals surface area contributed by atoms with E-state index in [0.29, 0.717) is 17.2 Å². The highest BCUT2D eigenvalue weighted by atomic mass is 16.5. The maximum atomic E-state index is 11.9. The van der Waals surface area contributed by atoms with Gasteiger partial charge < -0.3 is 20.1 Å². The van der Waals surface area contributed by atoms with Crippen molar-refractivity contribution in [3.8, 4) is 11.5 Å². The molecule has 0 unspecified atom stereocenters. The molecule has 0 heterocycles. The van der Waals surface area contributed by atoms with Gasteiger partial charge in [0.1, 0.15) is 11.5 Å². The molecule has 0 aliphatic rings. The lowest BCUT2D eigenvalue weighted by Crippen LogP contribution is -2.35. The van der Waals surface area contributed by atoms with Crippen LogP contribution in [0.5, 0.6) is 11.5 Å². The molecule has 2 aromatic rings. The Labute approximate surface area is 147 Å². The molecule has 0 saturated carbocycles. The van der Waals surface area contributed by atoms with E-state index in [4.69, 9.17) is 9.47 Å². The number of rotatable bonds is 7. The fraction of sp³-hybridized carbons (Fsp3) is 0.263. The van der Waals surface area contributed by atoms with Crippen LogP contribution in [0.25, 0.3) is 0 Å². The average molecular weight is 342 g/mol. The summed E-state index contributed by atoms with van der Waals surface area (Å²) in [5.41, 5.74) is 2.84. The monoisotopic (exact) mass is 342 g/mol. The van der Waals surface area contributed by atoms with Gasteiger partial charge in [0.2, 0.25) is 5.91 Å². The number of benzene rings is 2. The van der Waals surface area contributed by atoms with E-state index in [1.807, 2.05) is 32.0 Å². The predicted octanol–water partition coefficient (Wildman–Crippen LogP) is 2.45. The highest BCUT2D eigenvalue weighted by Gasteiger charge is 2.07. The Balaban J connectivity index is 1.74. The topological polar surface area (TPSA) is 76.7 Å². The molecule has 25 heavy (non-hydrogen) atoms. The van der Waals surface area contributed by atoms with Crippen LogP contribution in [0.15, 0.2) is 42.5 Å². The molecule has 2 amide bonds. The highest BCUT2D eigenvalue weighted by molar-refractivity contribution is 5.94. The lowest BCUT2D eigenvalue weighted by molar-refractivity contribution is -0.125. The third-order valence-electron chi connectivity index (χ3n) is 3.38. The summed E-state index contributed by atoms with van der Waals surface area (Å²) in [6, 6.07) is 12.7. The summed E-state index contributed by atoms with van der Waals surface area (Å²) in [5.74, 6) is 0.602. The number of amides is 2. The van der Waals surface area contributed by atoms with Crippen LogP contribution in [0.4, 0.5) is 5.69 Å². The molecule has 0 fully saturated rings. The molecule has 6 nitrogen and oxygen atoms in total. The van der Waals surface area contributed by atoms with E-state index in [2.05, 4.69) is 10.6 Å². The van der Waals surface area contributed by atoms with E-state index in [1.165, 1.54) is 0 Å². The number of nitrogens with one attached hydrogen (secondary N) is 2. The number of ether oxygens (including phenoxy) is 2. The first kappa shape index (κ1) is 18.3. The van der Waals surface area contributed by atoms with Crippen molar-refractivity contribution in [2.24, 2.45) is 0 Å². The largest absolute Gasteiger partial charge is 0.497 e. The number of aryl methyl sites for hydroxylation is 2. The molecule has 2 rings (SSSR count). The standard InChI is InChI=1S/C19H22N2O4/c1-13-8-14(2)10-15(9-13)21-18(22)11-20-19(23)12-25-17-6-4-16(24-3)5-7-17/h4-10H,11-12H2,1-3H3,(H,20,23)(H,21,22). The van der Waals surface area contributed by atoms with Crippen LogP contribution >= 0.6 is 0 Å². The first-order chi connectivity index (χ1) is 12.0. The third-order valence-corrected chi connectivity index (χ3v) is 3.38. The number of hydrogen-bond donors (Lipinski definition) is 2. The van der Waals surface area contributed by atoms with Gasteiger partial charge >= 0.3 is 0 Å². The zero-order valence-corrected chi connectivity index (χ0v) is 14.6. The zero-order chi connectivity index (χ0) is 18.2. The van der Waals surface area contributed by atoms with Gasteiger partial charge in [-0.15, -0.1) is 0 Å². The minimum absolute atomic E-state index is 0.113. The molecule has 0 radical (unpaired) electrons. The van der Waals surface area contributed by atoms with E-state index in [-0.39, 0.29) is 25.0 Å². The molecule has 2 aromatic carbocycles. The van der Waals surface area contributed by atoms with Crippen LogP contribution in [0.1, 0.15) is 11.1 Å². The van der Waals surface area contributed by atoms with Crippen molar-refractivity contribution in [3.05, 3.63) is 53.6 Å². The second-order valence-electron chi connectivity index (χ2n) is 5.67. The molecule has 0 bridgehead atoms. The van der Waals surface area contributed by atoms with Crippen molar-refractivity contribution in [3.63, 3.8) is 0 Å². The van der Waals surface area contributed by atoms with E-state index >= 15 is 0 Å². The molecular formula is C19H22N2O4. The maximum Gasteiger partial charge on any atom is 0.258 e. The van der Waals surface area contributed by atoms with Crippen LogP contribution in [-0.2, 0) is 9.59 Å². The first-order valence-electron chi connectivity index (χ1n) is 7.88. The van der Waals surface area contributed by atoms with Crippen molar-refractivity contribution in [1.82, 2.24) is 5.32 Å². The van der Waals surface area contributed by atoms with Crippen molar-refractivity contribution in [2.45, 2.75) is 13.8 Å². The Kier molecular flexibility index (Phi) is 6.39. The van der Waals surface area contributed by atoms with Gasteiger partial charge in [-0.25, -0.2) is 0 Å². The molecule has 0 spiro atoms. The quantitative estimate of drug-likeness (QED) is 0.810. The van der Waals surface area contributed by atoms with E-state index < -0.39 is 0 Å². The van der Waals surface area contributed by atoms with Crippen molar-refractivity contribution >= 4 is 17.5 Å². The molecule has 0 aliphatic heterocycles. The molecule has 0 aliphatic carbocycles. The Morgan fingerprint density at radius 2 is 1.52 bits per heavy atom. The molecule has 132 valence electrons. The molecular weight excluding hydrogens is 320 g/mol. The van der Waals surface area contributed by atoms with Gasteiger partial charge in [0, 0.05) is 5.69 Å². The smallest absolute Gasteiger partial charge is 0.258 e. The Hall–Kier alpha value is -3.02. The van der Waals surface area contributed by atoms with Gasteiger partial charge in [0.25, 0.3) is 5.91 Å². The van der Waals surface area contributed by atoms with E-state index in [1.54, 1.807) is 31.4 Å². The van der Waals surface area contributed by atoms with Crippen molar-refractivity contribution < 1.29 is 19.1 Å². The van der Waals surface area contributed by atoms with Crippen molar-refractivity contribution in [1.29, 1.82) is 0 Å². The van der Waals surface area contributed by atoms with E-state index in [9.17, 15) is 9.59 Å².